The van der Waals surface area contributed by atoms with Crippen molar-refractivity contribution < 1.29 is 9.47 Å². The Kier molecular flexibility index (Phi) is 5.47. The molecule has 0 spiro atoms. The van der Waals surface area contributed by atoms with Crippen molar-refractivity contribution in [3.8, 4) is 43.4 Å². The lowest BCUT2D eigenvalue weighted by Crippen LogP contribution is -1.99. The van der Waals surface area contributed by atoms with Crippen LogP contribution in [0.5, 0.6) is 10.1 Å². The smallest absolute Gasteiger partial charge is 0.177 e. The van der Waals surface area contributed by atoms with Crippen LogP contribution in [0, 0.1) is 22.7 Å². The SMILES string of the molecule is CCOc1ccc(-c2nc(C#N)c(C#N)nc2-c2ccc(OCC)s2)s1. The lowest BCUT2D eigenvalue weighted by Gasteiger charge is -2.06. The monoisotopic (exact) mass is 382 g/mol. The van der Waals surface area contributed by atoms with Gasteiger partial charge in [0.2, 0.25) is 0 Å². The Balaban J connectivity index is 2.16. The number of thiophene rings is 2. The highest BCUT2D eigenvalue weighted by Gasteiger charge is 2.20. The van der Waals surface area contributed by atoms with Crippen LogP contribution in [-0.4, -0.2) is 23.2 Å². The second kappa shape index (κ2) is 7.96. The Morgan fingerprint density at radius 2 is 1.23 bits per heavy atom. The van der Waals surface area contributed by atoms with Crippen molar-refractivity contribution in [1.29, 1.82) is 10.5 Å². The molecule has 0 amide bonds. The van der Waals surface area contributed by atoms with Crippen LogP contribution in [0.25, 0.3) is 21.1 Å². The molecule has 0 N–H and O–H groups in total. The van der Waals surface area contributed by atoms with E-state index < -0.39 is 0 Å². The van der Waals surface area contributed by atoms with Gasteiger partial charge in [-0.05, 0) is 38.1 Å². The fourth-order valence-electron chi connectivity index (χ4n) is 2.27. The van der Waals surface area contributed by atoms with E-state index in [4.69, 9.17) is 9.47 Å². The van der Waals surface area contributed by atoms with Crippen LogP contribution in [0.1, 0.15) is 25.2 Å². The summed E-state index contributed by atoms with van der Waals surface area (Å²) in [5, 5.41) is 20.1. The average molecular weight is 382 g/mol. The quantitative estimate of drug-likeness (QED) is 0.624. The van der Waals surface area contributed by atoms with E-state index in [-0.39, 0.29) is 11.4 Å². The Morgan fingerprint density at radius 1 is 0.808 bits per heavy atom. The molecule has 0 aliphatic rings. The van der Waals surface area contributed by atoms with Crippen molar-refractivity contribution in [2.24, 2.45) is 0 Å². The highest BCUT2D eigenvalue weighted by atomic mass is 32.1. The van der Waals surface area contributed by atoms with Crippen LogP contribution in [0.3, 0.4) is 0 Å². The highest BCUT2D eigenvalue weighted by Crippen LogP contribution is 2.40. The second-order valence-electron chi connectivity index (χ2n) is 4.95. The second-order valence-corrected chi connectivity index (χ2v) is 7.04. The van der Waals surface area contributed by atoms with Gasteiger partial charge in [0.05, 0.1) is 23.0 Å². The molecule has 0 unspecified atom stereocenters. The van der Waals surface area contributed by atoms with Gasteiger partial charge in [0.1, 0.15) is 23.5 Å². The molecule has 0 saturated heterocycles. The van der Waals surface area contributed by atoms with E-state index in [1.54, 1.807) is 0 Å². The van der Waals surface area contributed by atoms with Crippen LogP contribution < -0.4 is 9.47 Å². The number of rotatable bonds is 6. The van der Waals surface area contributed by atoms with Gasteiger partial charge in [-0.1, -0.05) is 22.7 Å². The zero-order valence-electron chi connectivity index (χ0n) is 14.1. The van der Waals surface area contributed by atoms with Gasteiger partial charge in [0.15, 0.2) is 21.5 Å². The molecule has 6 nitrogen and oxygen atoms in total. The minimum Gasteiger partial charge on any atom is -0.484 e. The Hall–Kier alpha value is -2.94. The summed E-state index contributed by atoms with van der Waals surface area (Å²) in [5.41, 5.74) is 1.14. The third-order valence-corrected chi connectivity index (χ3v) is 5.32. The summed E-state index contributed by atoms with van der Waals surface area (Å²) in [6.45, 7) is 4.97. The lowest BCUT2D eigenvalue weighted by atomic mass is 10.2. The maximum absolute atomic E-state index is 9.30. The van der Waals surface area contributed by atoms with Gasteiger partial charge >= 0.3 is 0 Å². The predicted octanol–water partition coefficient (Wildman–Crippen LogP) is 4.47. The van der Waals surface area contributed by atoms with E-state index in [1.807, 2.05) is 50.3 Å². The summed E-state index contributed by atoms with van der Waals surface area (Å²) in [4.78, 5) is 10.5. The molecule has 26 heavy (non-hydrogen) atoms. The minimum absolute atomic E-state index is 0.0131. The number of hydrogen-bond acceptors (Lipinski definition) is 8. The summed E-state index contributed by atoms with van der Waals surface area (Å²) in [6, 6.07) is 11.4. The largest absolute Gasteiger partial charge is 0.484 e. The maximum atomic E-state index is 9.30. The van der Waals surface area contributed by atoms with E-state index in [0.717, 1.165) is 19.9 Å². The van der Waals surface area contributed by atoms with Gasteiger partial charge in [0.25, 0.3) is 0 Å². The van der Waals surface area contributed by atoms with Crippen LogP contribution in [0.15, 0.2) is 24.3 Å². The van der Waals surface area contributed by atoms with Gasteiger partial charge in [-0.25, -0.2) is 9.97 Å². The van der Waals surface area contributed by atoms with Crippen molar-refractivity contribution in [3.05, 3.63) is 35.7 Å². The molecule has 3 aromatic heterocycles. The summed E-state index contributed by atoms with van der Waals surface area (Å²) in [6.07, 6.45) is 0. The third-order valence-electron chi connectivity index (χ3n) is 3.31. The molecule has 0 atom stereocenters. The van der Waals surface area contributed by atoms with Crippen LogP contribution in [0.4, 0.5) is 0 Å². The van der Waals surface area contributed by atoms with Crippen molar-refractivity contribution in [2.75, 3.05) is 13.2 Å². The van der Waals surface area contributed by atoms with Gasteiger partial charge < -0.3 is 9.47 Å². The standard InChI is InChI=1S/C18H14N4O2S2/c1-3-23-15-7-5-13(25-15)17-18(14-6-8-16(26-14)24-4-2)22-12(10-20)11(9-19)21-17/h5-8H,3-4H2,1-2H3. The van der Waals surface area contributed by atoms with E-state index in [0.29, 0.717) is 24.6 Å². The van der Waals surface area contributed by atoms with Crippen LogP contribution in [-0.2, 0) is 0 Å². The van der Waals surface area contributed by atoms with Gasteiger partial charge in [-0.15, -0.1) is 0 Å². The fourth-order valence-corrected chi connectivity index (χ4v) is 4.08. The zero-order chi connectivity index (χ0) is 18.5. The normalized spacial score (nSPS) is 10.2. The molecule has 0 radical (unpaired) electrons. The van der Waals surface area contributed by atoms with Gasteiger partial charge in [0, 0.05) is 0 Å². The molecule has 130 valence electrons. The molecule has 0 aliphatic heterocycles. The van der Waals surface area contributed by atoms with E-state index in [9.17, 15) is 10.5 Å². The maximum Gasteiger partial charge on any atom is 0.177 e. The Labute approximate surface area is 158 Å². The number of hydrogen-bond donors (Lipinski definition) is 0. The number of ether oxygens (including phenoxy) is 2. The first-order chi connectivity index (χ1) is 12.7. The molecule has 3 rings (SSSR count). The Morgan fingerprint density at radius 3 is 1.58 bits per heavy atom. The first kappa shape index (κ1) is 17.9. The molecular weight excluding hydrogens is 368 g/mol. The summed E-state index contributed by atoms with van der Waals surface area (Å²) < 4.78 is 11.1. The Bertz CT molecular complexity index is 930. The first-order valence-electron chi connectivity index (χ1n) is 7.88. The number of nitriles is 2. The van der Waals surface area contributed by atoms with Crippen molar-refractivity contribution in [3.63, 3.8) is 0 Å². The van der Waals surface area contributed by atoms with E-state index in [2.05, 4.69) is 9.97 Å². The van der Waals surface area contributed by atoms with E-state index >= 15 is 0 Å². The number of nitrogens with zero attached hydrogens (tertiary/aromatic N) is 4. The highest BCUT2D eigenvalue weighted by molar-refractivity contribution is 7.18. The molecule has 0 fully saturated rings. The third kappa shape index (κ3) is 3.52. The fraction of sp³-hybridized carbons (Fsp3) is 0.222. The van der Waals surface area contributed by atoms with Crippen molar-refractivity contribution in [2.45, 2.75) is 13.8 Å². The van der Waals surface area contributed by atoms with E-state index in [1.165, 1.54) is 22.7 Å². The topological polar surface area (TPSA) is 91.8 Å². The molecule has 0 saturated carbocycles. The lowest BCUT2D eigenvalue weighted by molar-refractivity contribution is 0.350. The molecule has 0 bridgehead atoms. The number of aromatic nitrogens is 2. The van der Waals surface area contributed by atoms with Crippen LogP contribution in [0.2, 0.25) is 0 Å². The molecule has 3 heterocycles. The minimum atomic E-state index is 0.0131. The molecule has 8 heteroatoms. The first-order valence-corrected chi connectivity index (χ1v) is 9.51. The molecule has 0 aliphatic carbocycles. The van der Waals surface area contributed by atoms with Gasteiger partial charge in [-0.2, -0.15) is 10.5 Å². The van der Waals surface area contributed by atoms with Crippen molar-refractivity contribution >= 4 is 22.7 Å². The molecular formula is C18H14N4O2S2. The average Bonchev–Trinajstić information content (AvgIpc) is 3.31. The predicted molar refractivity (Wildman–Crippen MR) is 100 cm³/mol. The van der Waals surface area contributed by atoms with Gasteiger partial charge in [-0.3, -0.25) is 0 Å². The zero-order valence-corrected chi connectivity index (χ0v) is 15.8. The van der Waals surface area contributed by atoms with Crippen molar-refractivity contribution in [1.82, 2.24) is 9.97 Å². The molecule has 3 aromatic rings. The summed E-state index contributed by atoms with van der Waals surface area (Å²) in [5.74, 6) is 0. The summed E-state index contributed by atoms with van der Waals surface area (Å²) in [7, 11) is 0. The van der Waals surface area contributed by atoms with Crippen LogP contribution >= 0.6 is 22.7 Å². The summed E-state index contributed by atoms with van der Waals surface area (Å²) >= 11 is 2.85. The molecule has 0 aromatic carbocycles.